The molecule has 3 atom stereocenters. The number of ketones is 1. The van der Waals surface area contributed by atoms with Crippen LogP contribution in [-0.4, -0.2) is 37.5 Å². The quantitative estimate of drug-likeness (QED) is 0.470. The molecule has 2 aliphatic carbocycles. The molecule has 1 saturated carbocycles. The Balaban J connectivity index is 1.82. The van der Waals surface area contributed by atoms with Crippen molar-refractivity contribution in [1.29, 1.82) is 0 Å². The third-order valence-electron chi connectivity index (χ3n) is 7.32. The summed E-state index contributed by atoms with van der Waals surface area (Å²) in [6, 6.07) is 7.45. The maximum Gasteiger partial charge on any atom is 0.337 e. The molecule has 7 heteroatoms. The summed E-state index contributed by atoms with van der Waals surface area (Å²) >= 11 is 0. The number of allylic oxidation sites excluding steroid dienone is 3. The van der Waals surface area contributed by atoms with Crippen LogP contribution in [0.15, 0.2) is 46.8 Å². The highest BCUT2D eigenvalue weighted by Crippen LogP contribution is 2.47. The van der Waals surface area contributed by atoms with Crippen molar-refractivity contribution in [2.24, 2.45) is 11.8 Å². The molecule has 4 rings (SSSR count). The van der Waals surface area contributed by atoms with Crippen LogP contribution < -0.4 is 10.1 Å². The van der Waals surface area contributed by atoms with Gasteiger partial charge in [0.25, 0.3) is 0 Å². The van der Waals surface area contributed by atoms with Crippen molar-refractivity contribution in [3.05, 3.63) is 52.4 Å². The first-order valence-electron chi connectivity index (χ1n) is 12.6. The van der Waals surface area contributed by atoms with Gasteiger partial charge in [0, 0.05) is 22.5 Å². The molecule has 0 unspecified atom stereocenters. The maximum atomic E-state index is 13.9. The van der Waals surface area contributed by atoms with Gasteiger partial charge in [-0.05, 0) is 57.9 Å². The van der Waals surface area contributed by atoms with E-state index in [2.05, 4.69) is 5.32 Å². The smallest absolute Gasteiger partial charge is 0.337 e. The standard InChI is InChI=1S/C28H35NO6/c1-5-34-21-14-10-9-13-19(21)24-23(28(32)35-18-11-7-6-8-12-18)17(3)29-20-15-16(2)22(27(31)33-4)26(30)25(20)24/h9-10,13-14,16,18,22,24,29H,5-8,11-12,15H2,1-4H3/t16-,22-,24-/m1/s1. The predicted molar refractivity (Wildman–Crippen MR) is 130 cm³/mol. The molecule has 1 aromatic rings. The van der Waals surface area contributed by atoms with E-state index in [-0.39, 0.29) is 17.8 Å². The Hall–Kier alpha value is -3.09. The Bertz CT molecular complexity index is 1060. The summed E-state index contributed by atoms with van der Waals surface area (Å²) in [4.78, 5) is 40.1. The van der Waals surface area contributed by atoms with E-state index in [9.17, 15) is 14.4 Å². The first-order valence-corrected chi connectivity index (χ1v) is 12.6. The van der Waals surface area contributed by atoms with Crippen LogP contribution in [0.1, 0.15) is 70.8 Å². The summed E-state index contributed by atoms with van der Waals surface area (Å²) in [7, 11) is 1.30. The van der Waals surface area contributed by atoms with Crippen molar-refractivity contribution >= 4 is 17.7 Å². The lowest BCUT2D eigenvalue weighted by atomic mass is 9.69. The summed E-state index contributed by atoms with van der Waals surface area (Å²) in [6.07, 6.45) is 5.30. The van der Waals surface area contributed by atoms with Gasteiger partial charge in [-0.3, -0.25) is 9.59 Å². The molecule has 1 aliphatic heterocycles. The van der Waals surface area contributed by atoms with E-state index in [1.807, 2.05) is 45.0 Å². The van der Waals surface area contributed by atoms with Gasteiger partial charge in [0.1, 0.15) is 17.8 Å². The fourth-order valence-corrected chi connectivity index (χ4v) is 5.67. The van der Waals surface area contributed by atoms with Crippen LogP contribution in [0.2, 0.25) is 0 Å². The number of para-hydroxylation sites is 1. The molecule has 0 amide bonds. The highest BCUT2D eigenvalue weighted by molar-refractivity contribution is 6.12. The van der Waals surface area contributed by atoms with Gasteiger partial charge in [0.05, 0.1) is 25.2 Å². The topological polar surface area (TPSA) is 90.9 Å². The molecule has 188 valence electrons. The van der Waals surface area contributed by atoms with E-state index in [0.717, 1.165) is 37.8 Å². The first kappa shape index (κ1) is 25.0. The van der Waals surface area contributed by atoms with E-state index in [1.165, 1.54) is 7.11 Å². The van der Waals surface area contributed by atoms with E-state index < -0.39 is 23.8 Å². The Morgan fingerprint density at radius 3 is 2.51 bits per heavy atom. The largest absolute Gasteiger partial charge is 0.494 e. The van der Waals surface area contributed by atoms with Crippen LogP contribution in [-0.2, 0) is 23.9 Å². The van der Waals surface area contributed by atoms with Gasteiger partial charge in [-0.15, -0.1) is 0 Å². The number of carbonyl (C=O) groups is 3. The number of carbonyl (C=O) groups excluding carboxylic acids is 3. The second kappa shape index (κ2) is 10.7. The molecule has 0 bridgehead atoms. The molecule has 0 radical (unpaired) electrons. The number of hydrogen-bond donors (Lipinski definition) is 1. The summed E-state index contributed by atoms with van der Waals surface area (Å²) in [6.45, 7) is 6.05. The summed E-state index contributed by atoms with van der Waals surface area (Å²) in [5.41, 5.74) is 2.94. The van der Waals surface area contributed by atoms with Crippen molar-refractivity contribution in [1.82, 2.24) is 5.32 Å². The summed E-state index contributed by atoms with van der Waals surface area (Å²) in [5, 5.41) is 3.32. The third-order valence-corrected chi connectivity index (χ3v) is 7.32. The molecule has 7 nitrogen and oxygen atoms in total. The molecule has 1 heterocycles. The van der Waals surface area contributed by atoms with E-state index in [1.54, 1.807) is 0 Å². The number of methoxy groups -OCH3 is 1. The zero-order chi connectivity index (χ0) is 25.1. The monoisotopic (exact) mass is 481 g/mol. The second-order valence-electron chi connectivity index (χ2n) is 9.67. The lowest BCUT2D eigenvalue weighted by Gasteiger charge is -2.39. The molecule has 1 fully saturated rings. The van der Waals surface area contributed by atoms with E-state index in [0.29, 0.717) is 41.2 Å². The molecular weight excluding hydrogens is 446 g/mol. The minimum absolute atomic E-state index is 0.125. The average molecular weight is 482 g/mol. The Kier molecular flexibility index (Phi) is 7.63. The SMILES string of the molecule is CCOc1ccccc1[C@@H]1C(C(=O)OC2CCCCC2)=C(C)NC2=C1C(=O)[C@H](C(=O)OC)[C@H](C)C2. The summed E-state index contributed by atoms with van der Waals surface area (Å²) < 4.78 is 16.9. The molecule has 0 spiro atoms. The van der Waals surface area contributed by atoms with Gasteiger partial charge >= 0.3 is 11.9 Å². The first-order chi connectivity index (χ1) is 16.9. The molecule has 35 heavy (non-hydrogen) atoms. The minimum Gasteiger partial charge on any atom is -0.494 e. The van der Waals surface area contributed by atoms with Crippen LogP contribution in [0.5, 0.6) is 5.75 Å². The highest BCUT2D eigenvalue weighted by atomic mass is 16.5. The lowest BCUT2D eigenvalue weighted by Crippen LogP contribution is -2.43. The Morgan fingerprint density at radius 1 is 1.11 bits per heavy atom. The number of hydrogen-bond acceptors (Lipinski definition) is 7. The fourth-order valence-electron chi connectivity index (χ4n) is 5.67. The Labute approximate surface area is 206 Å². The molecule has 0 aromatic heterocycles. The van der Waals surface area contributed by atoms with E-state index >= 15 is 0 Å². The molecule has 3 aliphatic rings. The van der Waals surface area contributed by atoms with Crippen molar-refractivity contribution in [3.63, 3.8) is 0 Å². The average Bonchev–Trinajstić information content (AvgIpc) is 2.84. The number of benzene rings is 1. The van der Waals surface area contributed by atoms with Crippen LogP contribution in [0.25, 0.3) is 0 Å². The molecular formula is C28H35NO6. The summed E-state index contributed by atoms with van der Waals surface area (Å²) in [5.74, 6) is -2.54. The minimum atomic E-state index is -0.920. The Morgan fingerprint density at radius 2 is 1.83 bits per heavy atom. The van der Waals surface area contributed by atoms with Gasteiger partial charge in [-0.25, -0.2) is 4.79 Å². The zero-order valence-corrected chi connectivity index (χ0v) is 21.0. The van der Waals surface area contributed by atoms with Crippen LogP contribution in [0, 0.1) is 11.8 Å². The number of rotatable bonds is 6. The van der Waals surface area contributed by atoms with Gasteiger partial charge in [-0.1, -0.05) is 31.5 Å². The predicted octanol–water partition coefficient (Wildman–Crippen LogP) is 4.57. The maximum absolute atomic E-state index is 13.9. The van der Waals surface area contributed by atoms with Crippen LogP contribution in [0.3, 0.4) is 0 Å². The number of ether oxygens (including phenoxy) is 3. The normalized spacial score (nSPS) is 25.0. The number of nitrogens with one attached hydrogen (secondary N) is 1. The zero-order valence-electron chi connectivity index (χ0n) is 21.0. The third kappa shape index (κ3) is 4.86. The van der Waals surface area contributed by atoms with Crippen molar-refractivity contribution < 1.29 is 28.6 Å². The number of dihydropyridines is 1. The van der Waals surface area contributed by atoms with Gasteiger partial charge in [0.15, 0.2) is 5.78 Å². The van der Waals surface area contributed by atoms with Crippen molar-refractivity contribution in [3.8, 4) is 5.75 Å². The second-order valence-corrected chi connectivity index (χ2v) is 9.67. The van der Waals surface area contributed by atoms with Gasteiger partial charge < -0.3 is 19.5 Å². The molecule has 0 saturated heterocycles. The highest BCUT2D eigenvalue weighted by Gasteiger charge is 2.48. The van der Waals surface area contributed by atoms with Gasteiger partial charge in [-0.2, -0.15) is 0 Å². The lowest BCUT2D eigenvalue weighted by molar-refractivity contribution is -0.151. The van der Waals surface area contributed by atoms with Crippen LogP contribution >= 0.6 is 0 Å². The van der Waals surface area contributed by atoms with Crippen molar-refractivity contribution in [2.75, 3.05) is 13.7 Å². The van der Waals surface area contributed by atoms with E-state index in [4.69, 9.17) is 14.2 Å². The molecule has 1 aromatic carbocycles. The number of Topliss-reactive ketones (excluding diaryl/α,β-unsaturated/α-hetero) is 1. The molecule has 1 N–H and O–H groups in total. The van der Waals surface area contributed by atoms with Gasteiger partial charge in [0.2, 0.25) is 0 Å². The fraction of sp³-hybridized carbons (Fsp3) is 0.536. The van der Waals surface area contributed by atoms with Crippen molar-refractivity contribution in [2.45, 2.75) is 71.3 Å². The number of esters is 2. The van der Waals surface area contributed by atoms with Crippen LogP contribution in [0.4, 0.5) is 0 Å².